The van der Waals surface area contributed by atoms with Crippen LogP contribution in [0.4, 0.5) is 0 Å². The Morgan fingerprint density at radius 3 is 2.80 bits per heavy atom. The fourth-order valence-corrected chi connectivity index (χ4v) is 2.91. The molecule has 0 aliphatic carbocycles. The van der Waals surface area contributed by atoms with Gasteiger partial charge >= 0.3 is 0 Å². The fourth-order valence-electron chi connectivity index (χ4n) is 1.55. The quantitative estimate of drug-likeness (QED) is 0.804. The smallest absolute Gasteiger partial charge is 0.240 e. The number of halogens is 1. The molecule has 1 aromatic carbocycles. The summed E-state index contributed by atoms with van der Waals surface area (Å²) in [7, 11) is -3.64. The van der Waals surface area contributed by atoms with Crippen molar-refractivity contribution in [2.45, 2.75) is 18.0 Å². The number of sulfonamides is 1. The number of aliphatic hydroxyl groups excluding tert-OH is 1. The zero-order chi connectivity index (χ0) is 14.6. The van der Waals surface area contributed by atoms with Crippen LogP contribution in [0.2, 0.25) is 5.02 Å². The molecule has 1 aromatic heterocycles. The minimum atomic E-state index is -3.64. The first-order chi connectivity index (χ1) is 9.53. The van der Waals surface area contributed by atoms with Crippen LogP contribution in [0.3, 0.4) is 0 Å². The van der Waals surface area contributed by atoms with Crippen LogP contribution in [0.5, 0.6) is 0 Å². The molecule has 2 rings (SSSR count). The second-order valence-corrected chi connectivity index (χ2v) is 6.15. The molecule has 0 aliphatic rings. The number of aromatic nitrogens is 3. The molecular formula is C11H13ClN4O3S. The molecule has 108 valence electrons. The molecule has 1 heterocycles. The average Bonchev–Trinajstić information content (AvgIpc) is 2.91. The number of hydrogen-bond donors (Lipinski definition) is 2. The van der Waals surface area contributed by atoms with Gasteiger partial charge in [-0.15, -0.1) is 5.10 Å². The van der Waals surface area contributed by atoms with Crippen molar-refractivity contribution < 1.29 is 13.5 Å². The van der Waals surface area contributed by atoms with E-state index in [1.807, 2.05) is 0 Å². The normalized spacial score (nSPS) is 11.7. The number of hydrogen-bond acceptors (Lipinski definition) is 5. The maximum Gasteiger partial charge on any atom is 0.240 e. The molecule has 2 N–H and O–H groups in total. The van der Waals surface area contributed by atoms with E-state index in [4.69, 9.17) is 16.7 Å². The van der Waals surface area contributed by atoms with Crippen molar-refractivity contribution in [3.63, 3.8) is 0 Å². The molecule has 0 fully saturated rings. The minimum absolute atomic E-state index is 0.0540. The molecule has 0 radical (unpaired) electrons. The van der Waals surface area contributed by atoms with Crippen LogP contribution in [-0.4, -0.2) is 35.1 Å². The summed E-state index contributed by atoms with van der Waals surface area (Å²) in [5.41, 5.74) is 0.480. The van der Waals surface area contributed by atoms with Crippen molar-refractivity contribution in [3.05, 3.63) is 41.2 Å². The Balaban J connectivity index is 2.04. The highest BCUT2D eigenvalue weighted by atomic mass is 35.5. The van der Waals surface area contributed by atoms with Gasteiger partial charge in [0, 0.05) is 17.8 Å². The van der Waals surface area contributed by atoms with E-state index in [1.54, 1.807) is 6.20 Å². The highest BCUT2D eigenvalue weighted by molar-refractivity contribution is 7.89. The van der Waals surface area contributed by atoms with E-state index in [9.17, 15) is 8.42 Å². The number of nitrogens with zero attached hydrogens (tertiary/aromatic N) is 3. The van der Waals surface area contributed by atoms with Crippen LogP contribution in [-0.2, 0) is 23.2 Å². The van der Waals surface area contributed by atoms with Gasteiger partial charge in [-0.05, 0) is 17.7 Å². The van der Waals surface area contributed by atoms with Gasteiger partial charge in [-0.2, -0.15) is 0 Å². The maximum atomic E-state index is 12.0. The molecule has 7 nitrogen and oxygen atoms in total. The van der Waals surface area contributed by atoms with Gasteiger partial charge in [0.25, 0.3) is 0 Å². The van der Waals surface area contributed by atoms with E-state index in [1.165, 1.54) is 29.1 Å². The van der Waals surface area contributed by atoms with Crippen molar-refractivity contribution in [1.29, 1.82) is 0 Å². The molecule has 0 unspecified atom stereocenters. The first-order valence-corrected chi connectivity index (χ1v) is 7.62. The molecule has 2 aromatic rings. The van der Waals surface area contributed by atoms with Crippen molar-refractivity contribution in [1.82, 2.24) is 19.7 Å². The Hall–Kier alpha value is -1.48. The molecule has 0 saturated heterocycles. The second kappa shape index (κ2) is 6.31. The summed E-state index contributed by atoms with van der Waals surface area (Å²) in [6.07, 6.45) is 3.16. The molecule has 0 atom stereocenters. The molecule has 20 heavy (non-hydrogen) atoms. The zero-order valence-corrected chi connectivity index (χ0v) is 12.0. The Bertz CT molecular complexity index is 673. The summed E-state index contributed by atoms with van der Waals surface area (Å²) < 4.78 is 28.0. The lowest BCUT2D eigenvalue weighted by atomic mass is 10.2. The van der Waals surface area contributed by atoms with Crippen LogP contribution in [0.15, 0.2) is 35.5 Å². The SMILES string of the molecule is O=S(=O)(NCCn1ccnn1)c1ccc(CO)c(Cl)c1. The Kier molecular flexibility index (Phi) is 4.71. The summed E-state index contributed by atoms with van der Waals surface area (Å²) in [5.74, 6) is 0. The van der Waals surface area contributed by atoms with Gasteiger partial charge in [-0.3, -0.25) is 4.68 Å². The first-order valence-electron chi connectivity index (χ1n) is 5.76. The number of benzene rings is 1. The van der Waals surface area contributed by atoms with Gasteiger partial charge in [0.15, 0.2) is 0 Å². The Labute approximate surface area is 121 Å². The molecule has 0 spiro atoms. The molecular weight excluding hydrogens is 304 g/mol. The number of rotatable bonds is 6. The first kappa shape index (κ1) is 14.9. The molecule has 0 bridgehead atoms. The topological polar surface area (TPSA) is 97.1 Å². The molecule has 0 aliphatic heterocycles. The highest BCUT2D eigenvalue weighted by Crippen LogP contribution is 2.20. The average molecular weight is 317 g/mol. The summed E-state index contributed by atoms with van der Waals surface area (Å²) in [6.45, 7) is 0.325. The minimum Gasteiger partial charge on any atom is -0.392 e. The second-order valence-electron chi connectivity index (χ2n) is 3.98. The van der Waals surface area contributed by atoms with Crippen LogP contribution >= 0.6 is 11.6 Å². The Morgan fingerprint density at radius 1 is 1.40 bits per heavy atom. The van der Waals surface area contributed by atoms with Crippen LogP contribution in [0.1, 0.15) is 5.56 Å². The monoisotopic (exact) mass is 316 g/mol. The van der Waals surface area contributed by atoms with E-state index >= 15 is 0 Å². The van der Waals surface area contributed by atoms with Crippen molar-refractivity contribution in [2.24, 2.45) is 0 Å². The van der Waals surface area contributed by atoms with Crippen molar-refractivity contribution in [3.8, 4) is 0 Å². The van der Waals surface area contributed by atoms with E-state index < -0.39 is 10.0 Å². The molecule has 0 saturated carbocycles. The Morgan fingerprint density at radius 2 is 2.20 bits per heavy atom. The predicted octanol–water partition coefficient (Wildman–Crippen LogP) is 0.402. The lowest BCUT2D eigenvalue weighted by Gasteiger charge is -2.08. The zero-order valence-electron chi connectivity index (χ0n) is 10.4. The summed E-state index contributed by atoms with van der Waals surface area (Å²) in [6, 6.07) is 4.19. The lowest BCUT2D eigenvalue weighted by Crippen LogP contribution is -2.27. The van der Waals surface area contributed by atoms with Crippen molar-refractivity contribution >= 4 is 21.6 Å². The van der Waals surface area contributed by atoms with Gasteiger partial charge in [0.1, 0.15) is 0 Å². The largest absolute Gasteiger partial charge is 0.392 e. The third kappa shape index (κ3) is 3.54. The van der Waals surface area contributed by atoms with Gasteiger partial charge in [0.05, 0.1) is 24.2 Å². The van der Waals surface area contributed by atoms with E-state index in [2.05, 4.69) is 15.0 Å². The summed E-state index contributed by atoms with van der Waals surface area (Å²) in [5, 5.41) is 16.6. The van der Waals surface area contributed by atoms with Crippen LogP contribution < -0.4 is 4.72 Å². The highest BCUT2D eigenvalue weighted by Gasteiger charge is 2.15. The maximum absolute atomic E-state index is 12.0. The van der Waals surface area contributed by atoms with Gasteiger partial charge in [-0.25, -0.2) is 13.1 Å². The predicted molar refractivity (Wildman–Crippen MR) is 72.6 cm³/mol. The van der Waals surface area contributed by atoms with Gasteiger partial charge in [0.2, 0.25) is 10.0 Å². The summed E-state index contributed by atoms with van der Waals surface area (Å²) >= 11 is 5.88. The number of nitrogens with one attached hydrogen (secondary N) is 1. The third-order valence-corrected chi connectivity index (χ3v) is 4.42. The standard InChI is InChI=1S/C11H13ClN4O3S/c12-11-7-10(2-1-9(11)8-17)20(18,19)14-4-6-16-5-3-13-15-16/h1-3,5,7,14,17H,4,6,8H2. The van der Waals surface area contributed by atoms with E-state index in [0.717, 1.165) is 0 Å². The van der Waals surface area contributed by atoms with Crippen LogP contribution in [0.25, 0.3) is 0 Å². The fraction of sp³-hybridized carbons (Fsp3) is 0.273. The third-order valence-electron chi connectivity index (χ3n) is 2.61. The van der Waals surface area contributed by atoms with E-state index in [0.29, 0.717) is 12.1 Å². The molecule has 9 heteroatoms. The number of aliphatic hydroxyl groups is 1. The van der Waals surface area contributed by atoms with Gasteiger partial charge in [-0.1, -0.05) is 22.9 Å². The summed E-state index contributed by atoms with van der Waals surface area (Å²) in [4.78, 5) is 0.0540. The lowest BCUT2D eigenvalue weighted by molar-refractivity contribution is 0.282. The van der Waals surface area contributed by atoms with Crippen LogP contribution in [0, 0.1) is 0 Å². The van der Waals surface area contributed by atoms with Gasteiger partial charge < -0.3 is 5.11 Å². The van der Waals surface area contributed by atoms with E-state index in [-0.39, 0.29) is 23.1 Å². The van der Waals surface area contributed by atoms with Crippen molar-refractivity contribution in [2.75, 3.05) is 6.54 Å². The molecule has 0 amide bonds.